The van der Waals surface area contributed by atoms with E-state index < -0.39 is 15.9 Å². The summed E-state index contributed by atoms with van der Waals surface area (Å²) in [6, 6.07) is 21.0. The van der Waals surface area contributed by atoms with Crippen molar-refractivity contribution < 1.29 is 18.0 Å². The predicted molar refractivity (Wildman–Crippen MR) is 138 cm³/mol. The third-order valence-electron chi connectivity index (χ3n) is 6.31. The number of aryl methyl sites for hydroxylation is 2. The second-order valence-electron chi connectivity index (χ2n) is 8.66. The van der Waals surface area contributed by atoms with Gasteiger partial charge in [0.2, 0.25) is 5.91 Å². The molecule has 1 N–H and O–H groups in total. The van der Waals surface area contributed by atoms with E-state index in [-0.39, 0.29) is 35.8 Å². The molecule has 0 aliphatic heterocycles. The van der Waals surface area contributed by atoms with Gasteiger partial charge in [0.1, 0.15) is 4.90 Å². The number of anilines is 2. The number of hydrogen-bond acceptors (Lipinski definition) is 4. The summed E-state index contributed by atoms with van der Waals surface area (Å²) in [5.74, 6) is -0.489. The number of hydrogen-bond donors (Lipinski definition) is 1. The Labute approximate surface area is 207 Å². The van der Waals surface area contributed by atoms with Gasteiger partial charge in [0.25, 0.3) is 10.0 Å². The van der Waals surface area contributed by atoms with Crippen molar-refractivity contribution in [1.82, 2.24) is 0 Å². The molecule has 7 heteroatoms. The number of rotatable bonds is 9. The lowest BCUT2D eigenvalue weighted by atomic mass is 9.89. The van der Waals surface area contributed by atoms with E-state index in [1.807, 2.05) is 24.3 Å². The van der Waals surface area contributed by atoms with Crippen LogP contribution >= 0.6 is 0 Å². The van der Waals surface area contributed by atoms with Crippen molar-refractivity contribution in [2.75, 3.05) is 16.2 Å². The third-order valence-corrected chi connectivity index (χ3v) is 8.27. The number of carbonyl (C=O) groups excluding carboxylic acids is 2. The first-order valence-electron chi connectivity index (χ1n) is 12.0. The van der Waals surface area contributed by atoms with Crippen molar-refractivity contribution in [3.8, 4) is 0 Å². The molecule has 0 radical (unpaired) electrons. The minimum absolute atomic E-state index is 0.0140. The highest BCUT2D eigenvalue weighted by Gasteiger charge is 2.27. The lowest BCUT2D eigenvalue weighted by Crippen LogP contribution is -2.31. The van der Waals surface area contributed by atoms with Gasteiger partial charge in [-0.25, -0.2) is 8.42 Å². The Kier molecular flexibility index (Phi) is 7.66. The van der Waals surface area contributed by atoms with Gasteiger partial charge in [-0.2, -0.15) is 0 Å². The quantitative estimate of drug-likeness (QED) is 0.408. The first-order chi connectivity index (χ1) is 16.9. The summed E-state index contributed by atoms with van der Waals surface area (Å²) in [4.78, 5) is 25.4. The van der Waals surface area contributed by atoms with Gasteiger partial charge in [0, 0.05) is 24.9 Å². The molecule has 182 valence electrons. The minimum Gasteiger partial charge on any atom is -0.325 e. The zero-order valence-electron chi connectivity index (χ0n) is 19.9. The molecular formula is C28H30N2O4S. The van der Waals surface area contributed by atoms with E-state index in [1.54, 1.807) is 49.4 Å². The maximum atomic E-state index is 13.5. The van der Waals surface area contributed by atoms with Gasteiger partial charge in [-0.05, 0) is 74.1 Å². The largest absolute Gasteiger partial charge is 0.325 e. The molecule has 0 fully saturated rings. The summed E-state index contributed by atoms with van der Waals surface area (Å²) in [5, 5.41) is 2.71. The van der Waals surface area contributed by atoms with E-state index in [2.05, 4.69) is 5.32 Å². The molecule has 3 aromatic rings. The molecule has 0 aromatic heterocycles. The van der Waals surface area contributed by atoms with E-state index in [0.29, 0.717) is 11.3 Å². The molecule has 4 rings (SSSR count). The first-order valence-corrected chi connectivity index (χ1v) is 13.5. The Hall–Kier alpha value is -3.45. The second kappa shape index (κ2) is 10.9. The van der Waals surface area contributed by atoms with Gasteiger partial charge >= 0.3 is 0 Å². The number of ketones is 1. The number of Topliss-reactive ketones (excluding diaryl/α,β-unsaturated/α-hetero) is 1. The number of sulfonamides is 1. The van der Waals surface area contributed by atoms with Crippen LogP contribution in [0.3, 0.4) is 0 Å². The van der Waals surface area contributed by atoms with E-state index in [4.69, 9.17) is 0 Å². The van der Waals surface area contributed by atoms with Crippen molar-refractivity contribution in [3.63, 3.8) is 0 Å². The van der Waals surface area contributed by atoms with Gasteiger partial charge in [-0.15, -0.1) is 0 Å². The molecule has 6 nitrogen and oxygen atoms in total. The molecule has 0 unspecified atom stereocenters. The van der Waals surface area contributed by atoms with Crippen LogP contribution in [0.25, 0.3) is 0 Å². The van der Waals surface area contributed by atoms with E-state index in [0.717, 1.165) is 19.3 Å². The monoisotopic (exact) mass is 490 g/mol. The number of benzene rings is 3. The highest BCUT2D eigenvalue weighted by atomic mass is 32.2. The van der Waals surface area contributed by atoms with Crippen molar-refractivity contribution in [3.05, 3.63) is 89.5 Å². The topological polar surface area (TPSA) is 83.6 Å². The number of amides is 1. The van der Waals surface area contributed by atoms with Crippen LogP contribution in [-0.2, 0) is 27.7 Å². The zero-order chi connectivity index (χ0) is 24.8. The average molecular weight is 491 g/mol. The number of nitrogens with zero attached hydrogens (tertiary/aromatic N) is 1. The Balaban J connectivity index is 1.45. The molecule has 0 spiro atoms. The SMILES string of the molecule is CCN(c1ccccc1)S(=O)(=O)c1ccccc1NC(=O)CCC(=O)c1ccc2c(c1)CCCC2. The summed E-state index contributed by atoms with van der Waals surface area (Å²) in [6.07, 6.45) is 4.38. The van der Waals surface area contributed by atoms with Crippen LogP contribution in [0.5, 0.6) is 0 Å². The lowest BCUT2D eigenvalue weighted by Gasteiger charge is -2.24. The van der Waals surface area contributed by atoms with Gasteiger partial charge in [-0.1, -0.05) is 42.5 Å². The van der Waals surface area contributed by atoms with Gasteiger partial charge in [0.15, 0.2) is 5.78 Å². The van der Waals surface area contributed by atoms with Crippen LogP contribution < -0.4 is 9.62 Å². The smallest absolute Gasteiger partial charge is 0.266 e. The van der Waals surface area contributed by atoms with Crippen LogP contribution in [0, 0.1) is 0 Å². The number of nitrogens with one attached hydrogen (secondary N) is 1. The summed E-state index contributed by atoms with van der Waals surface area (Å²) in [6.45, 7) is 2.00. The van der Waals surface area contributed by atoms with Crippen LogP contribution in [0.1, 0.15) is 54.1 Å². The molecule has 0 atom stereocenters. The lowest BCUT2D eigenvalue weighted by molar-refractivity contribution is -0.116. The molecular weight excluding hydrogens is 460 g/mol. The zero-order valence-corrected chi connectivity index (χ0v) is 20.7. The Morgan fingerprint density at radius 1 is 0.857 bits per heavy atom. The first kappa shape index (κ1) is 24.7. The molecule has 0 saturated carbocycles. The van der Waals surface area contributed by atoms with Gasteiger partial charge < -0.3 is 5.32 Å². The van der Waals surface area contributed by atoms with Crippen LogP contribution in [0.4, 0.5) is 11.4 Å². The number of carbonyl (C=O) groups is 2. The van der Waals surface area contributed by atoms with Crippen LogP contribution in [0.15, 0.2) is 77.7 Å². The standard InChI is InChI=1S/C28H30N2O4S/c1-2-30(24-12-4-3-5-13-24)35(33,34)27-15-9-8-14-25(27)29-28(32)19-18-26(31)23-17-16-21-10-6-7-11-22(21)20-23/h3-5,8-9,12-17,20H,2,6-7,10-11,18-19H2,1H3,(H,29,32). The normalized spacial score (nSPS) is 13.1. The molecule has 0 heterocycles. The fraction of sp³-hybridized carbons (Fsp3) is 0.286. The fourth-order valence-corrected chi connectivity index (χ4v) is 6.11. The van der Waals surface area contributed by atoms with Crippen molar-refractivity contribution in [2.45, 2.75) is 50.3 Å². The second-order valence-corrected chi connectivity index (χ2v) is 10.5. The van der Waals surface area contributed by atoms with Crippen molar-refractivity contribution >= 4 is 33.1 Å². The van der Waals surface area contributed by atoms with Gasteiger partial charge in [-0.3, -0.25) is 13.9 Å². The summed E-state index contributed by atoms with van der Waals surface area (Å²) >= 11 is 0. The van der Waals surface area contributed by atoms with Crippen LogP contribution in [-0.4, -0.2) is 26.7 Å². The third kappa shape index (κ3) is 5.62. The predicted octanol–water partition coefficient (Wildman–Crippen LogP) is 5.38. The van der Waals surface area contributed by atoms with E-state index >= 15 is 0 Å². The molecule has 1 aliphatic rings. The van der Waals surface area contributed by atoms with Crippen molar-refractivity contribution in [2.24, 2.45) is 0 Å². The number of fused-ring (bicyclic) bond motifs is 1. The molecule has 0 saturated heterocycles. The Morgan fingerprint density at radius 3 is 2.29 bits per heavy atom. The molecule has 35 heavy (non-hydrogen) atoms. The number of para-hydroxylation sites is 2. The maximum absolute atomic E-state index is 13.5. The fourth-order valence-electron chi connectivity index (χ4n) is 4.49. The van der Waals surface area contributed by atoms with E-state index in [9.17, 15) is 18.0 Å². The summed E-state index contributed by atoms with van der Waals surface area (Å²) in [5.41, 5.74) is 3.91. The minimum atomic E-state index is -3.91. The summed E-state index contributed by atoms with van der Waals surface area (Å²) < 4.78 is 28.2. The highest BCUT2D eigenvalue weighted by Crippen LogP contribution is 2.29. The molecule has 3 aromatic carbocycles. The molecule has 0 bridgehead atoms. The maximum Gasteiger partial charge on any atom is 0.266 e. The Bertz CT molecular complexity index is 1320. The average Bonchev–Trinajstić information content (AvgIpc) is 2.88. The molecule has 1 aliphatic carbocycles. The van der Waals surface area contributed by atoms with E-state index in [1.165, 1.54) is 27.9 Å². The van der Waals surface area contributed by atoms with Crippen molar-refractivity contribution in [1.29, 1.82) is 0 Å². The van der Waals surface area contributed by atoms with Crippen LogP contribution in [0.2, 0.25) is 0 Å². The highest BCUT2D eigenvalue weighted by molar-refractivity contribution is 7.93. The Morgan fingerprint density at radius 2 is 1.54 bits per heavy atom. The molecule has 1 amide bonds. The van der Waals surface area contributed by atoms with Gasteiger partial charge in [0.05, 0.1) is 11.4 Å². The summed E-state index contributed by atoms with van der Waals surface area (Å²) in [7, 11) is -3.91.